The third-order valence-electron chi connectivity index (χ3n) is 2.68. The van der Waals surface area contributed by atoms with Crippen LogP contribution in [0.15, 0.2) is 40.1 Å². The predicted octanol–water partition coefficient (Wildman–Crippen LogP) is 1.33. The fraction of sp³-hybridized carbons (Fsp3) is 0.154. The lowest BCUT2D eigenvalue weighted by atomic mass is 10.2. The maximum absolute atomic E-state index is 12.1. The van der Waals surface area contributed by atoms with E-state index in [1.807, 2.05) is 0 Å². The van der Waals surface area contributed by atoms with E-state index in [0.29, 0.717) is 0 Å². The molecule has 2 aromatic rings. The Kier molecular flexibility index (Phi) is 3.97. The second kappa shape index (κ2) is 5.70. The summed E-state index contributed by atoms with van der Waals surface area (Å²) in [6.07, 6.45) is 1.04. The SMILES string of the molecule is CC(=O)c1c[nH]c(=O)n(-c2ccc(OC(F)F)cc2)c1=O. The Labute approximate surface area is 116 Å². The number of Topliss-reactive ketones (excluding diaryl/α,β-unsaturated/α-hetero) is 1. The van der Waals surface area contributed by atoms with Crippen LogP contribution in [0.25, 0.3) is 5.69 Å². The Hall–Kier alpha value is -2.77. The van der Waals surface area contributed by atoms with E-state index in [1.165, 1.54) is 31.2 Å². The first-order valence-corrected chi connectivity index (χ1v) is 5.81. The van der Waals surface area contributed by atoms with Crippen molar-refractivity contribution >= 4 is 5.78 Å². The van der Waals surface area contributed by atoms with E-state index in [4.69, 9.17) is 0 Å². The standard InChI is InChI=1S/C13H10F2N2O4/c1-7(18)10-6-16-13(20)17(11(10)19)8-2-4-9(5-3-8)21-12(14)15/h2-6,12H,1H3,(H,16,20). The van der Waals surface area contributed by atoms with Gasteiger partial charge in [-0.25, -0.2) is 9.36 Å². The van der Waals surface area contributed by atoms with E-state index in [9.17, 15) is 23.2 Å². The van der Waals surface area contributed by atoms with Gasteiger partial charge in [-0.2, -0.15) is 8.78 Å². The molecular formula is C13H10F2N2O4. The highest BCUT2D eigenvalue weighted by Crippen LogP contribution is 2.15. The number of nitrogens with zero attached hydrogens (tertiary/aromatic N) is 1. The lowest BCUT2D eigenvalue weighted by Gasteiger charge is -2.08. The monoisotopic (exact) mass is 296 g/mol. The summed E-state index contributed by atoms with van der Waals surface area (Å²) in [4.78, 5) is 37.4. The molecule has 0 aliphatic rings. The number of ether oxygens (including phenoxy) is 1. The number of H-pyrrole nitrogens is 1. The maximum atomic E-state index is 12.1. The summed E-state index contributed by atoms with van der Waals surface area (Å²) in [6, 6.07) is 4.90. The molecule has 1 aromatic heterocycles. The van der Waals surface area contributed by atoms with Crippen LogP contribution in [0.4, 0.5) is 8.78 Å². The number of hydrogen-bond acceptors (Lipinski definition) is 4. The van der Waals surface area contributed by atoms with Gasteiger partial charge in [0.2, 0.25) is 0 Å². The van der Waals surface area contributed by atoms with Gasteiger partial charge in [-0.1, -0.05) is 0 Å². The number of rotatable bonds is 4. The van der Waals surface area contributed by atoms with Crippen molar-refractivity contribution in [2.75, 3.05) is 0 Å². The van der Waals surface area contributed by atoms with Crippen molar-refractivity contribution in [3.05, 3.63) is 56.9 Å². The molecule has 2 rings (SSSR count). The fourth-order valence-corrected chi connectivity index (χ4v) is 1.74. The molecule has 0 unspecified atom stereocenters. The summed E-state index contributed by atoms with van der Waals surface area (Å²) in [5.74, 6) is -0.608. The molecule has 8 heteroatoms. The highest BCUT2D eigenvalue weighted by Gasteiger charge is 2.13. The van der Waals surface area contributed by atoms with Gasteiger partial charge in [0.1, 0.15) is 5.75 Å². The molecule has 0 bridgehead atoms. The number of halogens is 2. The second-order valence-electron chi connectivity index (χ2n) is 4.08. The lowest BCUT2D eigenvalue weighted by Crippen LogP contribution is -2.36. The first kappa shape index (κ1) is 14.6. The molecule has 0 radical (unpaired) electrons. The van der Waals surface area contributed by atoms with Crippen LogP contribution in [-0.2, 0) is 0 Å². The van der Waals surface area contributed by atoms with Crippen LogP contribution in [0.2, 0.25) is 0 Å². The molecule has 0 amide bonds. The Morgan fingerprint density at radius 2 is 1.86 bits per heavy atom. The average Bonchev–Trinajstić information content (AvgIpc) is 2.39. The largest absolute Gasteiger partial charge is 0.435 e. The third-order valence-corrected chi connectivity index (χ3v) is 2.68. The van der Waals surface area contributed by atoms with E-state index < -0.39 is 23.6 Å². The van der Waals surface area contributed by atoms with Gasteiger partial charge in [-0.15, -0.1) is 0 Å². The van der Waals surface area contributed by atoms with Crippen LogP contribution in [0.3, 0.4) is 0 Å². The van der Waals surface area contributed by atoms with Gasteiger partial charge in [-0.05, 0) is 31.2 Å². The zero-order valence-corrected chi connectivity index (χ0v) is 10.8. The summed E-state index contributed by atoms with van der Waals surface area (Å²) < 4.78 is 29.0. The number of alkyl halides is 2. The minimum atomic E-state index is -2.97. The minimum Gasteiger partial charge on any atom is -0.435 e. The molecule has 0 saturated heterocycles. The van der Waals surface area contributed by atoms with Crippen molar-refractivity contribution in [2.45, 2.75) is 13.5 Å². The average molecular weight is 296 g/mol. The quantitative estimate of drug-likeness (QED) is 0.863. The molecule has 6 nitrogen and oxygen atoms in total. The number of carbonyl (C=O) groups is 1. The van der Waals surface area contributed by atoms with Gasteiger partial charge in [0.15, 0.2) is 5.78 Å². The summed E-state index contributed by atoms with van der Waals surface area (Å²) in [7, 11) is 0. The zero-order valence-electron chi connectivity index (χ0n) is 10.8. The highest BCUT2D eigenvalue weighted by molar-refractivity contribution is 5.93. The lowest BCUT2D eigenvalue weighted by molar-refractivity contribution is -0.0498. The van der Waals surface area contributed by atoms with Gasteiger partial charge in [0.25, 0.3) is 5.56 Å². The van der Waals surface area contributed by atoms with E-state index >= 15 is 0 Å². The van der Waals surface area contributed by atoms with Gasteiger partial charge in [-0.3, -0.25) is 9.59 Å². The number of carbonyl (C=O) groups excluding carboxylic acids is 1. The number of aromatic amines is 1. The molecule has 1 heterocycles. The van der Waals surface area contributed by atoms with Gasteiger partial charge in [0.05, 0.1) is 11.3 Å². The van der Waals surface area contributed by atoms with Crippen LogP contribution < -0.4 is 16.0 Å². The Morgan fingerprint density at radius 1 is 1.24 bits per heavy atom. The summed E-state index contributed by atoms with van der Waals surface area (Å²) in [6.45, 7) is -1.78. The normalized spacial score (nSPS) is 10.7. The summed E-state index contributed by atoms with van der Waals surface area (Å²) in [5.41, 5.74) is -1.57. The van der Waals surface area contributed by atoms with Crippen molar-refractivity contribution in [3.63, 3.8) is 0 Å². The van der Waals surface area contributed by atoms with Gasteiger partial charge < -0.3 is 9.72 Å². The molecule has 0 aliphatic carbocycles. The van der Waals surface area contributed by atoms with Gasteiger partial charge >= 0.3 is 12.3 Å². The van der Waals surface area contributed by atoms with E-state index in [-0.39, 0.29) is 17.0 Å². The van der Waals surface area contributed by atoms with Crippen molar-refractivity contribution < 1.29 is 18.3 Å². The molecule has 110 valence electrons. The number of benzene rings is 1. The Bertz CT molecular complexity index is 778. The molecule has 0 saturated carbocycles. The molecule has 1 N–H and O–H groups in total. The van der Waals surface area contributed by atoms with Crippen molar-refractivity contribution in [3.8, 4) is 11.4 Å². The van der Waals surface area contributed by atoms with E-state index in [1.54, 1.807) is 0 Å². The van der Waals surface area contributed by atoms with Crippen LogP contribution >= 0.6 is 0 Å². The van der Waals surface area contributed by atoms with Crippen molar-refractivity contribution in [1.82, 2.24) is 9.55 Å². The van der Waals surface area contributed by atoms with Gasteiger partial charge in [0, 0.05) is 6.20 Å². The van der Waals surface area contributed by atoms with Crippen LogP contribution in [0, 0.1) is 0 Å². The summed E-state index contributed by atoms with van der Waals surface area (Å²) >= 11 is 0. The predicted molar refractivity (Wildman–Crippen MR) is 69.3 cm³/mol. The number of aromatic nitrogens is 2. The number of ketones is 1. The Morgan fingerprint density at radius 3 is 2.38 bits per heavy atom. The molecular weight excluding hydrogens is 286 g/mol. The fourth-order valence-electron chi connectivity index (χ4n) is 1.74. The first-order valence-electron chi connectivity index (χ1n) is 5.81. The molecule has 1 aromatic carbocycles. The maximum Gasteiger partial charge on any atom is 0.387 e. The zero-order chi connectivity index (χ0) is 15.6. The smallest absolute Gasteiger partial charge is 0.387 e. The van der Waals surface area contributed by atoms with Crippen LogP contribution in [0.1, 0.15) is 17.3 Å². The Balaban J connectivity index is 2.52. The molecule has 0 atom stereocenters. The number of hydrogen-bond donors (Lipinski definition) is 1. The van der Waals surface area contributed by atoms with E-state index in [0.717, 1.165) is 10.8 Å². The molecule has 0 fully saturated rings. The minimum absolute atomic E-state index is 0.110. The molecule has 0 aliphatic heterocycles. The second-order valence-corrected chi connectivity index (χ2v) is 4.08. The van der Waals surface area contributed by atoms with Crippen LogP contribution in [0.5, 0.6) is 5.75 Å². The van der Waals surface area contributed by atoms with Crippen molar-refractivity contribution in [1.29, 1.82) is 0 Å². The van der Waals surface area contributed by atoms with E-state index in [2.05, 4.69) is 9.72 Å². The molecule has 0 spiro atoms. The van der Waals surface area contributed by atoms with Crippen molar-refractivity contribution in [2.24, 2.45) is 0 Å². The highest BCUT2D eigenvalue weighted by atomic mass is 19.3. The van der Waals surface area contributed by atoms with Crippen LogP contribution in [-0.4, -0.2) is 21.9 Å². The summed E-state index contributed by atoms with van der Waals surface area (Å²) in [5, 5.41) is 0. The third kappa shape index (κ3) is 3.04. The first-order chi connectivity index (χ1) is 9.90. The number of nitrogens with one attached hydrogen (secondary N) is 1. The topological polar surface area (TPSA) is 81.2 Å². The molecule has 21 heavy (non-hydrogen) atoms.